The maximum atomic E-state index is 12.9. The molecule has 0 aliphatic heterocycles. The van der Waals surface area contributed by atoms with Gasteiger partial charge in [-0.2, -0.15) is 4.31 Å². The number of hydrogen-bond donors (Lipinski definition) is 1. The number of methoxy groups -OCH3 is 4. The van der Waals surface area contributed by atoms with Crippen molar-refractivity contribution in [1.29, 1.82) is 0 Å². The zero-order valence-electron chi connectivity index (χ0n) is 18.5. The second kappa shape index (κ2) is 10.4. The maximum absolute atomic E-state index is 12.9. The molecule has 0 saturated carbocycles. The highest BCUT2D eigenvalue weighted by Gasteiger charge is 2.25. The van der Waals surface area contributed by atoms with E-state index >= 15 is 0 Å². The second-order valence-electron chi connectivity index (χ2n) is 6.68. The quantitative estimate of drug-likeness (QED) is 0.589. The molecule has 9 nitrogen and oxygen atoms in total. The van der Waals surface area contributed by atoms with Gasteiger partial charge in [0.1, 0.15) is 0 Å². The van der Waals surface area contributed by atoms with Gasteiger partial charge in [0.15, 0.2) is 23.0 Å². The molecule has 0 aliphatic carbocycles. The highest BCUT2D eigenvalue weighted by molar-refractivity contribution is 7.89. The average molecular weight is 453 g/mol. The average Bonchev–Trinajstić information content (AvgIpc) is 2.77. The summed E-state index contributed by atoms with van der Waals surface area (Å²) in [7, 11) is 3.37. The molecule has 0 heterocycles. The summed E-state index contributed by atoms with van der Waals surface area (Å²) in [6.07, 6.45) is 0. The number of nitrogens with one attached hydrogen (secondary N) is 1. The summed E-state index contributed by atoms with van der Waals surface area (Å²) in [5.74, 6) is 1.35. The van der Waals surface area contributed by atoms with Gasteiger partial charge in [0, 0.05) is 13.1 Å². The lowest BCUT2D eigenvalue weighted by atomic mass is 10.1. The van der Waals surface area contributed by atoms with Crippen molar-refractivity contribution in [3.8, 4) is 23.0 Å². The molecule has 1 N–H and O–H groups in total. The van der Waals surface area contributed by atoms with Crippen LogP contribution < -0.4 is 24.3 Å². The van der Waals surface area contributed by atoms with Crippen molar-refractivity contribution in [2.24, 2.45) is 0 Å². The molecule has 1 atom stereocenters. The van der Waals surface area contributed by atoms with Crippen LogP contribution in [0, 0.1) is 0 Å². The number of ether oxygens (including phenoxy) is 4. The molecule has 0 spiro atoms. The lowest BCUT2D eigenvalue weighted by molar-refractivity contribution is -0.121. The molecule has 1 unspecified atom stereocenters. The van der Waals surface area contributed by atoms with Crippen molar-refractivity contribution in [2.75, 3.05) is 42.0 Å². The summed E-state index contributed by atoms with van der Waals surface area (Å²) in [5.41, 5.74) is 0.788. The van der Waals surface area contributed by atoms with E-state index in [1.54, 1.807) is 25.1 Å². The van der Waals surface area contributed by atoms with E-state index in [1.807, 2.05) is 0 Å². The number of carbonyl (C=O) groups is 1. The Hall–Kier alpha value is -2.98. The van der Waals surface area contributed by atoms with Crippen LogP contribution in [0.25, 0.3) is 0 Å². The Balaban J connectivity index is 2.11. The van der Waals surface area contributed by atoms with Crippen LogP contribution in [0.2, 0.25) is 0 Å². The van der Waals surface area contributed by atoms with Crippen molar-refractivity contribution in [3.05, 3.63) is 42.0 Å². The Bertz CT molecular complexity index is 1020. The van der Waals surface area contributed by atoms with E-state index in [0.29, 0.717) is 17.2 Å². The van der Waals surface area contributed by atoms with Gasteiger partial charge in [0.2, 0.25) is 15.9 Å². The van der Waals surface area contributed by atoms with E-state index in [2.05, 4.69) is 5.32 Å². The van der Waals surface area contributed by atoms with Gasteiger partial charge in [-0.25, -0.2) is 8.42 Å². The fourth-order valence-electron chi connectivity index (χ4n) is 2.94. The summed E-state index contributed by atoms with van der Waals surface area (Å²) in [6.45, 7) is 1.44. The molecule has 2 aromatic rings. The molecule has 0 saturated heterocycles. The van der Waals surface area contributed by atoms with Crippen molar-refractivity contribution in [3.63, 3.8) is 0 Å². The van der Waals surface area contributed by atoms with Crippen LogP contribution in [-0.2, 0) is 14.8 Å². The molecule has 0 fully saturated rings. The molecule has 1 amide bonds. The molecule has 2 aromatic carbocycles. The van der Waals surface area contributed by atoms with Crippen LogP contribution in [0.5, 0.6) is 23.0 Å². The van der Waals surface area contributed by atoms with Crippen LogP contribution in [-0.4, -0.2) is 60.7 Å². The van der Waals surface area contributed by atoms with Crippen LogP contribution in [0.15, 0.2) is 41.3 Å². The number of benzene rings is 2. The summed E-state index contributed by atoms with van der Waals surface area (Å²) in [4.78, 5) is 12.5. The van der Waals surface area contributed by atoms with Crippen molar-refractivity contribution in [1.82, 2.24) is 9.62 Å². The van der Waals surface area contributed by atoms with Crippen LogP contribution in [0.1, 0.15) is 18.5 Å². The largest absolute Gasteiger partial charge is 0.493 e. The Morgan fingerprint density at radius 2 is 1.42 bits per heavy atom. The molecule has 0 radical (unpaired) electrons. The topological polar surface area (TPSA) is 103 Å². The Morgan fingerprint density at radius 1 is 0.903 bits per heavy atom. The van der Waals surface area contributed by atoms with E-state index < -0.39 is 15.9 Å². The first kappa shape index (κ1) is 24.3. The Kier molecular flexibility index (Phi) is 8.12. The molecule has 31 heavy (non-hydrogen) atoms. The van der Waals surface area contributed by atoms with E-state index in [0.717, 1.165) is 9.87 Å². The minimum absolute atomic E-state index is 0.00612. The zero-order chi connectivity index (χ0) is 23.2. The SMILES string of the molecule is COc1ccc(C(C)NC(=O)CN(C)S(=O)(=O)c2ccc(OC)c(OC)c2)cc1OC. The van der Waals surface area contributed by atoms with Gasteiger partial charge in [-0.1, -0.05) is 6.07 Å². The number of sulfonamides is 1. The minimum Gasteiger partial charge on any atom is -0.493 e. The summed E-state index contributed by atoms with van der Waals surface area (Å²) in [5, 5.41) is 2.79. The number of carbonyl (C=O) groups excluding carboxylic acids is 1. The highest BCUT2D eigenvalue weighted by Crippen LogP contribution is 2.31. The predicted molar refractivity (Wildman–Crippen MR) is 115 cm³/mol. The van der Waals surface area contributed by atoms with Crippen molar-refractivity contribution >= 4 is 15.9 Å². The van der Waals surface area contributed by atoms with E-state index in [-0.39, 0.29) is 23.2 Å². The smallest absolute Gasteiger partial charge is 0.243 e. The molecular formula is C21H28N2O7S. The van der Waals surface area contributed by atoms with Gasteiger partial charge in [-0.3, -0.25) is 4.79 Å². The number of amides is 1. The van der Waals surface area contributed by atoms with Crippen LogP contribution in [0.4, 0.5) is 0 Å². The highest BCUT2D eigenvalue weighted by atomic mass is 32.2. The first-order valence-corrected chi connectivity index (χ1v) is 10.8. The van der Waals surface area contributed by atoms with Gasteiger partial charge >= 0.3 is 0 Å². The maximum Gasteiger partial charge on any atom is 0.243 e. The molecule has 0 bridgehead atoms. The fourth-order valence-corrected chi connectivity index (χ4v) is 4.08. The molecule has 170 valence electrons. The standard InChI is InChI=1S/C21H28N2O7S/c1-14(15-7-9-17(27-3)19(11-15)29-5)22-21(24)13-23(2)31(25,26)16-8-10-18(28-4)20(12-16)30-6/h7-12,14H,13H2,1-6H3,(H,22,24). The normalized spacial score (nSPS) is 12.2. The van der Waals surface area contributed by atoms with E-state index in [1.165, 1.54) is 53.7 Å². The predicted octanol–water partition coefficient (Wildman–Crippen LogP) is 2.22. The number of rotatable bonds is 10. The third kappa shape index (κ3) is 5.59. The van der Waals surface area contributed by atoms with E-state index in [9.17, 15) is 13.2 Å². The van der Waals surface area contributed by atoms with Gasteiger partial charge in [-0.15, -0.1) is 0 Å². The fraction of sp³-hybridized carbons (Fsp3) is 0.381. The molecule has 0 aromatic heterocycles. The summed E-state index contributed by atoms with van der Waals surface area (Å²) in [6, 6.07) is 9.18. The lowest BCUT2D eigenvalue weighted by Gasteiger charge is -2.20. The summed E-state index contributed by atoms with van der Waals surface area (Å²) < 4.78 is 47.5. The number of hydrogen-bond acceptors (Lipinski definition) is 7. The second-order valence-corrected chi connectivity index (χ2v) is 8.73. The Labute approximate surface area is 182 Å². The monoisotopic (exact) mass is 452 g/mol. The number of nitrogens with zero attached hydrogens (tertiary/aromatic N) is 1. The van der Waals surface area contributed by atoms with Gasteiger partial charge in [0.25, 0.3) is 0 Å². The minimum atomic E-state index is -3.91. The van der Waals surface area contributed by atoms with Gasteiger partial charge < -0.3 is 24.3 Å². The first-order chi connectivity index (χ1) is 14.7. The third-order valence-electron chi connectivity index (χ3n) is 4.71. The zero-order valence-corrected chi connectivity index (χ0v) is 19.3. The molecule has 0 aliphatic rings. The van der Waals surface area contributed by atoms with Crippen LogP contribution in [0.3, 0.4) is 0 Å². The van der Waals surface area contributed by atoms with Crippen molar-refractivity contribution in [2.45, 2.75) is 17.9 Å². The first-order valence-electron chi connectivity index (χ1n) is 9.37. The lowest BCUT2D eigenvalue weighted by Crippen LogP contribution is -2.39. The molecular weight excluding hydrogens is 424 g/mol. The third-order valence-corrected chi connectivity index (χ3v) is 6.51. The number of likely N-dealkylation sites (N-methyl/N-ethyl adjacent to an activating group) is 1. The molecule has 2 rings (SSSR count). The Morgan fingerprint density at radius 3 is 1.97 bits per heavy atom. The van der Waals surface area contributed by atoms with E-state index in [4.69, 9.17) is 18.9 Å². The summed E-state index contributed by atoms with van der Waals surface area (Å²) >= 11 is 0. The van der Waals surface area contributed by atoms with Gasteiger partial charge in [-0.05, 0) is 36.8 Å². The van der Waals surface area contributed by atoms with Gasteiger partial charge in [0.05, 0.1) is 45.9 Å². The molecule has 10 heteroatoms. The van der Waals surface area contributed by atoms with Crippen LogP contribution >= 0.6 is 0 Å². The van der Waals surface area contributed by atoms with Crippen molar-refractivity contribution < 1.29 is 32.2 Å².